The summed E-state index contributed by atoms with van der Waals surface area (Å²) in [6.07, 6.45) is 0. The lowest BCUT2D eigenvalue weighted by Gasteiger charge is -2.33. The van der Waals surface area contributed by atoms with Gasteiger partial charge in [0.05, 0.1) is 33.3 Å². The van der Waals surface area contributed by atoms with Crippen molar-refractivity contribution in [1.29, 1.82) is 0 Å². The molecular weight excluding hydrogens is 270 g/mol. The van der Waals surface area contributed by atoms with Crippen molar-refractivity contribution < 1.29 is 19.2 Å². The molecule has 1 saturated heterocycles. The Balaban J connectivity index is 1.72. The fourth-order valence-electron chi connectivity index (χ4n) is 2.43. The first-order chi connectivity index (χ1) is 10.2. The predicted octanol–water partition coefficient (Wildman–Crippen LogP) is -1.32. The largest absolute Gasteiger partial charge is 0.468 e. The third-order valence-corrected chi connectivity index (χ3v) is 3.66. The van der Waals surface area contributed by atoms with Crippen LogP contribution < -0.4 is 15.1 Å². The van der Waals surface area contributed by atoms with Crippen molar-refractivity contribution >= 4 is 17.6 Å². The van der Waals surface area contributed by atoms with Gasteiger partial charge in [-0.15, -0.1) is 0 Å². The minimum absolute atomic E-state index is 0.0568. The van der Waals surface area contributed by atoms with E-state index in [1.807, 2.05) is 18.2 Å². The number of nitrogens with zero attached hydrogens (tertiary/aromatic N) is 1. The summed E-state index contributed by atoms with van der Waals surface area (Å²) >= 11 is 0. The molecule has 0 spiro atoms. The van der Waals surface area contributed by atoms with Gasteiger partial charge < -0.3 is 19.9 Å². The molecule has 6 heteroatoms. The van der Waals surface area contributed by atoms with E-state index in [4.69, 9.17) is 0 Å². The summed E-state index contributed by atoms with van der Waals surface area (Å²) in [5.74, 6) is -0.532. The molecule has 1 aromatic carbocycles. The molecule has 1 aromatic rings. The number of rotatable bonds is 5. The topological polar surface area (TPSA) is 63.1 Å². The number of benzene rings is 1. The Morgan fingerprint density at radius 3 is 2.52 bits per heavy atom. The number of piperazine rings is 1. The first kappa shape index (κ1) is 15.3. The number of ether oxygens (including phenoxy) is 1. The summed E-state index contributed by atoms with van der Waals surface area (Å²) in [6, 6.07) is 10.3. The van der Waals surface area contributed by atoms with E-state index in [1.54, 1.807) is 0 Å². The zero-order valence-electron chi connectivity index (χ0n) is 12.3. The standard InChI is InChI=1S/C15H21N3O3/c1-21-15(20)11-16-14(19)12-17-7-9-18(10-8-17)13-5-3-2-4-6-13/h2-6H,7-12H2,1H3,(H,16,19)/p+1. The van der Waals surface area contributed by atoms with E-state index in [2.05, 4.69) is 27.1 Å². The third kappa shape index (κ3) is 4.75. The van der Waals surface area contributed by atoms with Gasteiger partial charge in [0.25, 0.3) is 5.91 Å². The first-order valence-electron chi connectivity index (χ1n) is 7.16. The number of hydrogen-bond acceptors (Lipinski definition) is 4. The molecule has 0 unspecified atom stereocenters. The quantitative estimate of drug-likeness (QED) is 0.661. The van der Waals surface area contributed by atoms with Crippen LogP contribution in [0.25, 0.3) is 0 Å². The molecule has 1 fully saturated rings. The van der Waals surface area contributed by atoms with Crippen LogP contribution in [0.4, 0.5) is 5.69 Å². The van der Waals surface area contributed by atoms with Crippen molar-refractivity contribution in [3.05, 3.63) is 30.3 Å². The van der Waals surface area contributed by atoms with Crippen LogP contribution in [0.5, 0.6) is 0 Å². The highest BCUT2D eigenvalue weighted by atomic mass is 16.5. The van der Waals surface area contributed by atoms with Crippen LogP contribution in [0, 0.1) is 0 Å². The fourth-order valence-corrected chi connectivity index (χ4v) is 2.43. The van der Waals surface area contributed by atoms with Crippen LogP contribution in [0.1, 0.15) is 0 Å². The average molecular weight is 292 g/mol. The van der Waals surface area contributed by atoms with E-state index in [-0.39, 0.29) is 12.5 Å². The second-order valence-corrected chi connectivity index (χ2v) is 5.10. The number of anilines is 1. The number of para-hydroxylation sites is 1. The molecule has 0 aromatic heterocycles. The van der Waals surface area contributed by atoms with E-state index in [1.165, 1.54) is 17.7 Å². The summed E-state index contributed by atoms with van der Waals surface area (Å²) < 4.78 is 4.49. The van der Waals surface area contributed by atoms with Crippen LogP contribution >= 0.6 is 0 Å². The molecule has 1 aliphatic rings. The van der Waals surface area contributed by atoms with Crippen molar-refractivity contribution in [2.24, 2.45) is 0 Å². The van der Waals surface area contributed by atoms with E-state index in [0.717, 1.165) is 26.2 Å². The van der Waals surface area contributed by atoms with Gasteiger partial charge in [0.2, 0.25) is 0 Å². The Hall–Kier alpha value is -2.08. The first-order valence-corrected chi connectivity index (χ1v) is 7.16. The number of methoxy groups -OCH3 is 1. The van der Waals surface area contributed by atoms with Crippen molar-refractivity contribution in [2.45, 2.75) is 0 Å². The Labute approximate surface area is 124 Å². The molecule has 21 heavy (non-hydrogen) atoms. The number of nitrogens with one attached hydrogen (secondary N) is 2. The van der Waals surface area contributed by atoms with Gasteiger partial charge >= 0.3 is 5.97 Å². The van der Waals surface area contributed by atoms with E-state index < -0.39 is 5.97 Å². The van der Waals surface area contributed by atoms with Gasteiger partial charge in [-0.3, -0.25) is 9.59 Å². The Morgan fingerprint density at radius 1 is 1.24 bits per heavy atom. The second kappa shape index (κ2) is 7.64. The van der Waals surface area contributed by atoms with Crippen LogP contribution in [-0.4, -0.2) is 58.3 Å². The molecule has 114 valence electrons. The summed E-state index contributed by atoms with van der Waals surface area (Å²) in [6.45, 7) is 4.05. The summed E-state index contributed by atoms with van der Waals surface area (Å²) in [4.78, 5) is 26.3. The molecule has 0 radical (unpaired) electrons. The van der Waals surface area contributed by atoms with Crippen molar-refractivity contribution in [2.75, 3.05) is 51.3 Å². The minimum Gasteiger partial charge on any atom is -0.468 e. The molecule has 0 atom stereocenters. The zero-order valence-corrected chi connectivity index (χ0v) is 12.3. The van der Waals surface area contributed by atoms with Crippen molar-refractivity contribution in [1.82, 2.24) is 5.32 Å². The number of esters is 1. The van der Waals surface area contributed by atoms with E-state index in [9.17, 15) is 9.59 Å². The van der Waals surface area contributed by atoms with Gasteiger partial charge in [0, 0.05) is 5.69 Å². The lowest BCUT2D eigenvalue weighted by molar-refractivity contribution is -0.892. The highest BCUT2D eigenvalue weighted by Crippen LogP contribution is 2.12. The molecule has 1 heterocycles. The van der Waals surface area contributed by atoms with Crippen molar-refractivity contribution in [3.63, 3.8) is 0 Å². The number of amides is 1. The van der Waals surface area contributed by atoms with Gasteiger partial charge in [-0.2, -0.15) is 0 Å². The van der Waals surface area contributed by atoms with Crippen LogP contribution in [0.2, 0.25) is 0 Å². The lowest BCUT2D eigenvalue weighted by atomic mass is 10.2. The second-order valence-electron chi connectivity index (χ2n) is 5.10. The summed E-state index contributed by atoms with van der Waals surface area (Å²) in [5.41, 5.74) is 1.23. The predicted molar refractivity (Wildman–Crippen MR) is 79.2 cm³/mol. The van der Waals surface area contributed by atoms with Gasteiger partial charge in [0.15, 0.2) is 6.54 Å². The van der Waals surface area contributed by atoms with E-state index in [0.29, 0.717) is 6.54 Å². The molecule has 6 nitrogen and oxygen atoms in total. The van der Waals surface area contributed by atoms with Crippen LogP contribution in [0.3, 0.4) is 0 Å². The van der Waals surface area contributed by atoms with Gasteiger partial charge in [-0.25, -0.2) is 0 Å². The maximum atomic E-state index is 11.7. The van der Waals surface area contributed by atoms with E-state index >= 15 is 0 Å². The minimum atomic E-state index is -0.424. The normalized spacial score (nSPS) is 15.6. The number of quaternary nitrogens is 1. The maximum absolute atomic E-state index is 11.7. The SMILES string of the molecule is COC(=O)CNC(=O)C[NH+]1CCN(c2ccccc2)CC1. The molecule has 1 amide bonds. The molecule has 0 aliphatic carbocycles. The molecule has 2 rings (SSSR count). The van der Waals surface area contributed by atoms with Crippen molar-refractivity contribution in [3.8, 4) is 0 Å². The monoisotopic (exact) mass is 292 g/mol. The highest BCUT2D eigenvalue weighted by Gasteiger charge is 2.22. The highest BCUT2D eigenvalue weighted by molar-refractivity contribution is 5.82. The average Bonchev–Trinajstić information content (AvgIpc) is 2.54. The van der Waals surface area contributed by atoms with Gasteiger partial charge in [-0.05, 0) is 12.1 Å². The number of carbonyl (C=O) groups excluding carboxylic acids is 2. The molecule has 0 saturated carbocycles. The Morgan fingerprint density at radius 2 is 1.90 bits per heavy atom. The third-order valence-electron chi connectivity index (χ3n) is 3.66. The fraction of sp³-hybridized carbons (Fsp3) is 0.467. The molecule has 0 bridgehead atoms. The lowest BCUT2D eigenvalue weighted by Crippen LogP contribution is -3.16. The molecular formula is C15H22N3O3+. The van der Waals surface area contributed by atoms with Crippen LogP contribution in [0.15, 0.2) is 30.3 Å². The van der Waals surface area contributed by atoms with Gasteiger partial charge in [0.1, 0.15) is 6.54 Å². The Bertz CT molecular complexity index is 470. The summed E-state index contributed by atoms with van der Waals surface area (Å²) in [7, 11) is 1.31. The molecule has 2 N–H and O–H groups in total. The smallest absolute Gasteiger partial charge is 0.325 e. The Kier molecular flexibility index (Phi) is 5.57. The van der Waals surface area contributed by atoms with Gasteiger partial charge in [-0.1, -0.05) is 18.2 Å². The number of carbonyl (C=O) groups is 2. The summed E-state index contributed by atoms with van der Waals surface area (Å²) in [5, 5.41) is 2.58. The molecule has 1 aliphatic heterocycles. The maximum Gasteiger partial charge on any atom is 0.325 e. The van der Waals surface area contributed by atoms with Crippen LogP contribution in [-0.2, 0) is 14.3 Å². The zero-order chi connectivity index (χ0) is 15.1. The number of hydrogen-bond donors (Lipinski definition) is 2.